The van der Waals surface area contributed by atoms with Crippen molar-refractivity contribution < 1.29 is 33.5 Å². The van der Waals surface area contributed by atoms with E-state index in [1.165, 1.54) is 0 Å². The highest BCUT2D eigenvalue weighted by Crippen LogP contribution is 2.30. The molecule has 0 aromatic carbocycles. The molecule has 0 unspecified atom stereocenters. The minimum absolute atomic E-state index is 0.116. The fourth-order valence-corrected chi connectivity index (χ4v) is 2.86. The lowest BCUT2D eigenvalue weighted by molar-refractivity contribution is -0.573. The Hall–Kier alpha value is -2.19. The van der Waals surface area contributed by atoms with Gasteiger partial charge in [0.05, 0.1) is 39.1 Å². The Kier molecular flexibility index (Phi) is 16.3. The quantitative estimate of drug-likeness (QED) is 0.0944. The lowest BCUT2D eigenvalue weighted by Crippen LogP contribution is -2.40. The minimum Gasteiger partial charge on any atom is -0.466 e. The van der Waals surface area contributed by atoms with E-state index in [0.717, 1.165) is 38.5 Å². The van der Waals surface area contributed by atoms with Crippen LogP contribution in [0.15, 0.2) is 0 Å². The third-order valence-electron chi connectivity index (χ3n) is 5.05. The van der Waals surface area contributed by atoms with Gasteiger partial charge in [-0.15, -0.1) is 0 Å². The molecule has 0 aliphatic carbocycles. The number of hydrogen-bond donors (Lipinski definition) is 0. The topological polar surface area (TPSA) is 122 Å². The van der Waals surface area contributed by atoms with Crippen LogP contribution in [0.4, 0.5) is 0 Å². The summed E-state index contributed by atoms with van der Waals surface area (Å²) in [6, 6.07) is 0. The van der Waals surface area contributed by atoms with E-state index in [2.05, 4.69) is 0 Å². The van der Waals surface area contributed by atoms with Crippen LogP contribution in [0.2, 0.25) is 0 Å². The maximum Gasteiger partial charge on any atom is 0.306 e. The monoisotopic (exact) mass is 445 g/mol. The largest absolute Gasteiger partial charge is 0.466 e. The normalized spacial score (nSPS) is 11.1. The van der Waals surface area contributed by atoms with Gasteiger partial charge in [-0.1, -0.05) is 40.0 Å². The zero-order valence-electron chi connectivity index (χ0n) is 19.3. The first kappa shape index (κ1) is 28.8. The fourth-order valence-electron chi connectivity index (χ4n) is 2.86. The zero-order valence-corrected chi connectivity index (χ0v) is 19.3. The maximum atomic E-state index is 12.0. The fraction of sp³-hybridized carbons (Fsp3) is 0.864. The molecule has 0 aliphatic heterocycles. The smallest absolute Gasteiger partial charge is 0.306 e. The predicted molar refractivity (Wildman–Crippen MR) is 115 cm³/mol. The van der Waals surface area contributed by atoms with E-state index >= 15 is 0 Å². The third-order valence-corrected chi connectivity index (χ3v) is 5.05. The van der Waals surface area contributed by atoms with Crippen LogP contribution in [-0.2, 0) is 28.6 Å². The second-order valence-corrected chi connectivity index (χ2v) is 7.70. The molecule has 0 spiro atoms. The Labute approximate surface area is 185 Å². The summed E-state index contributed by atoms with van der Waals surface area (Å²) in [5, 5.41) is 12.0. The van der Waals surface area contributed by atoms with E-state index in [1.807, 2.05) is 20.8 Å². The lowest BCUT2D eigenvalue weighted by Gasteiger charge is -2.25. The van der Waals surface area contributed by atoms with Crippen LogP contribution in [-0.4, -0.2) is 48.2 Å². The highest BCUT2D eigenvalue weighted by molar-refractivity contribution is 5.71. The van der Waals surface area contributed by atoms with Crippen molar-refractivity contribution in [1.29, 1.82) is 0 Å². The number of nitrogens with zero attached hydrogens (tertiary/aromatic N) is 1. The number of nitro groups is 1. The molecule has 0 aromatic heterocycles. The van der Waals surface area contributed by atoms with Crippen molar-refractivity contribution in [3.8, 4) is 0 Å². The van der Waals surface area contributed by atoms with E-state index in [-0.39, 0.29) is 58.3 Å². The van der Waals surface area contributed by atoms with E-state index in [1.54, 1.807) is 0 Å². The molecule has 0 radical (unpaired) electrons. The molecule has 0 N–H and O–H groups in total. The Balaban J connectivity index is 5.04. The molecular weight excluding hydrogens is 406 g/mol. The van der Waals surface area contributed by atoms with E-state index in [0.29, 0.717) is 0 Å². The Bertz CT molecular complexity index is 485. The van der Waals surface area contributed by atoms with Gasteiger partial charge in [-0.2, -0.15) is 0 Å². The number of esters is 3. The van der Waals surface area contributed by atoms with Gasteiger partial charge in [-0.3, -0.25) is 24.5 Å². The summed E-state index contributed by atoms with van der Waals surface area (Å²) in [6.07, 6.45) is 3.96. The van der Waals surface area contributed by atoms with Gasteiger partial charge in [-0.25, -0.2) is 0 Å². The molecule has 0 rings (SSSR count). The number of ether oxygens (including phenoxy) is 3. The number of unbranched alkanes of at least 4 members (excludes halogenated alkanes) is 3. The lowest BCUT2D eigenvalue weighted by atomic mass is 9.84. The van der Waals surface area contributed by atoms with Crippen molar-refractivity contribution in [1.82, 2.24) is 0 Å². The number of hydrogen-bond acceptors (Lipinski definition) is 8. The maximum absolute atomic E-state index is 12.0. The molecule has 0 aliphatic rings. The summed E-state index contributed by atoms with van der Waals surface area (Å²) in [5.74, 6) is -1.55. The van der Waals surface area contributed by atoms with Crippen molar-refractivity contribution in [2.75, 3.05) is 19.8 Å². The van der Waals surface area contributed by atoms with Gasteiger partial charge in [-0.05, 0) is 19.3 Å². The number of carbonyl (C=O) groups is 3. The van der Waals surface area contributed by atoms with Gasteiger partial charge < -0.3 is 14.2 Å². The molecule has 0 atom stereocenters. The van der Waals surface area contributed by atoms with E-state index < -0.39 is 28.4 Å². The third kappa shape index (κ3) is 13.7. The van der Waals surface area contributed by atoms with Crippen LogP contribution in [0.1, 0.15) is 97.8 Å². The van der Waals surface area contributed by atoms with Gasteiger partial charge in [0.2, 0.25) is 5.54 Å². The van der Waals surface area contributed by atoms with Crippen molar-refractivity contribution in [3.63, 3.8) is 0 Å². The van der Waals surface area contributed by atoms with Crippen LogP contribution in [0.3, 0.4) is 0 Å². The minimum atomic E-state index is -1.60. The van der Waals surface area contributed by atoms with Crippen molar-refractivity contribution in [3.05, 3.63) is 10.1 Å². The number of carbonyl (C=O) groups excluding carboxylic acids is 3. The summed E-state index contributed by atoms with van der Waals surface area (Å²) in [4.78, 5) is 47.5. The second-order valence-electron chi connectivity index (χ2n) is 7.70. The van der Waals surface area contributed by atoms with Crippen LogP contribution < -0.4 is 0 Å². The predicted octanol–water partition coefficient (Wildman–Crippen LogP) is 4.37. The van der Waals surface area contributed by atoms with E-state index in [9.17, 15) is 24.5 Å². The zero-order chi connectivity index (χ0) is 23.5. The first-order valence-electron chi connectivity index (χ1n) is 11.4. The Morgan fingerprint density at radius 2 is 0.968 bits per heavy atom. The molecule has 9 nitrogen and oxygen atoms in total. The highest BCUT2D eigenvalue weighted by atomic mass is 16.6. The molecule has 31 heavy (non-hydrogen) atoms. The summed E-state index contributed by atoms with van der Waals surface area (Å²) in [6.45, 7) is 6.71. The summed E-state index contributed by atoms with van der Waals surface area (Å²) in [7, 11) is 0. The molecule has 9 heteroatoms. The molecule has 180 valence electrons. The molecule has 0 aromatic rings. The van der Waals surface area contributed by atoms with Crippen molar-refractivity contribution >= 4 is 17.9 Å². The first-order chi connectivity index (χ1) is 14.8. The standard InChI is InChI=1S/C22H39NO8/c1-4-7-16-29-19(24)10-13-22(23(27)28,14-11-20(25)30-17-8-5-2)15-12-21(26)31-18-9-6-3/h4-18H2,1-3H3. The van der Waals surface area contributed by atoms with Crippen LogP contribution in [0.5, 0.6) is 0 Å². The average Bonchev–Trinajstić information content (AvgIpc) is 2.73. The molecule has 0 saturated heterocycles. The molecule has 0 saturated carbocycles. The van der Waals surface area contributed by atoms with Gasteiger partial charge >= 0.3 is 17.9 Å². The van der Waals surface area contributed by atoms with Gasteiger partial charge in [0.25, 0.3) is 0 Å². The summed E-state index contributed by atoms with van der Waals surface area (Å²) >= 11 is 0. The van der Waals surface area contributed by atoms with Crippen LogP contribution in [0, 0.1) is 10.1 Å². The van der Waals surface area contributed by atoms with Crippen LogP contribution in [0.25, 0.3) is 0 Å². The first-order valence-corrected chi connectivity index (χ1v) is 11.4. The summed E-state index contributed by atoms with van der Waals surface area (Å²) in [5.41, 5.74) is -1.60. The Morgan fingerprint density at radius 1 is 0.677 bits per heavy atom. The SMILES string of the molecule is CCCCOC(=O)CCC(CCC(=O)OCCCC)(CCC(=O)OCCCC)[N+](=O)[O-]. The van der Waals surface area contributed by atoms with Crippen molar-refractivity contribution in [2.45, 2.75) is 103 Å². The average molecular weight is 446 g/mol. The highest BCUT2D eigenvalue weighted by Gasteiger charge is 2.43. The molecule has 0 bridgehead atoms. The Morgan fingerprint density at radius 3 is 1.19 bits per heavy atom. The second kappa shape index (κ2) is 17.5. The molecule has 0 fully saturated rings. The molecule has 0 heterocycles. The van der Waals surface area contributed by atoms with E-state index in [4.69, 9.17) is 14.2 Å². The van der Waals surface area contributed by atoms with Gasteiger partial charge in [0.15, 0.2) is 0 Å². The summed E-state index contributed by atoms with van der Waals surface area (Å²) < 4.78 is 15.3. The van der Waals surface area contributed by atoms with Gasteiger partial charge in [0.1, 0.15) is 0 Å². The van der Waals surface area contributed by atoms with Crippen LogP contribution >= 0.6 is 0 Å². The van der Waals surface area contributed by atoms with Gasteiger partial charge in [0, 0.05) is 24.2 Å². The van der Waals surface area contributed by atoms with Crippen molar-refractivity contribution in [2.24, 2.45) is 0 Å². The number of rotatable bonds is 19. The molecule has 0 amide bonds. The molecular formula is C22H39NO8.